The minimum Gasteiger partial charge on any atom is -0.460 e. The lowest BCUT2D eigenvalue weighted by Crippen LogP contribution is -2.21. The number of nitrogens with zero attached hydrogens (tertiary/aromatic N) is 4. The van der Waals surface area contributed by atoms with Crippen LogP contribution in [0.3, 0.4) is 0 Å². The molecule has 1 aromatic carbocycles. The highest BCUT2D eigenvalue weighted by Gasteiger charge is 2.29. The molecule has 0 amide bonds. The van der Waals surface area contributed by atoms with E-state index in [0.29, 0.717) is 33.3 Å². The van der Waals surface area contributed by atoms with Gasteiger partial charge in [-0.3, -0.25) is 4.79 Å². The molecule has 11 heteroatoms. The van der Waals surface area contributed by atoms with Gasteiger partial charge in [0.15, 0.2) is 18.2 Å². The zero-order valence-corrected chi connectivity index (χ0v) is 17.9. The van der Waals surface area contributed by atoms with E-state index < -0.39 is 16.8 Å². The smallest absolute Gasteiger partial charge is 0.241 e. The van der Waals surface area contributed by atoms with Gasteiger partial charge in [-0.1, -0.05) is 23.2 Å². The zero-order chi connectivity index (χ0) is 21.4. The second-order valence-corrected chi connectivity index (χ2v) is 8.31. The number of rotatable bonds is 5. The van der Waals surface area contributed by atoms with Crippen LogP contribution in [0.2, 0.25) is 10.0 Å². The van der Waals surface area contributed by atoms with Gasteiger partial charge in [-0.25, -0.2) is 23.1 Å². The SMILES string of the molecule is Cc1cc(Cl)cc2c1N=C(c1cc(C[SH](=O)=O)nn1-c1ncccc1Cl)OC2C=O. The summed E-state index contributed by atoms with van der Waals surface area (Å²) >= 11 is 12.4. The highest BCUT2D eigenvalue weighted by molar-refractivity contribution is 7.71. The minimum absolute atomic E-state index is 0.0895. The Bertz CT molecular complexity index is 1260. The molecule has 3 aromatic rings. The summed E-state index contributed by atoms with van der Waals surface area (Å²) in [7, 11) is -2.71. The van der Waals surface area contributed by atoms with Crippen molar-refractivity contribution in [1.29, 1.82) is 0 Å². The molecule has 0 N–H and O–H groups in total. The normalized spacial score (nSPS) is 15.5. The van der Waals surface area contributed by atoms with Gasteiger partial charge in [0, 0.05) is 16.8 Å². The van der Waals surface area contributed by atoms with E-state index in [4.69, 9.17) is 27.9 Å². The van der Waals surface area contributed by atoms with Crippen LogP contribution < -0.4 is 0 Å². The largest absolute Gasteiger partial charge is 0.460 e. The third-order valence-electron chi connectivity index (χ3n) is 4.39. The number of pyridine rings is 1. The minimum atomic E-state index is -2.71. The Kier molecular flexibility index (Phi) is 5.59. The number of benzene rings is 1. The quantitative estimate of drug-likeness (QED) is 0.458. The van der Waals surface area contributed by atoms with Crippen molar-refractivity contribution in [3.8, 4) is 5.82 Å². The van der Waals surface area contributed by atoms with Crippen LogP contribution in [0.25, 0.3) is 5.82 Å². The fourth-order valence-corrected chi connectivity index (χ4v) is 4.05. The van der Waals surface area contributed by atoms with Crippen LogP contribution >= 0.6 is 23.2 Å². The standard InChI is InChI=1S/C19H14Cl2N4O4S/c1-10-5-11(20)6-13-16(8-26)29-19(23-17(10)13)15-7-12(9-30(27)28)24-25(15)18-14(21)3-2-4-22-18/h2-8,16,30H,9H2,1H3. The lowest BCUT2D eigenvalue weighted by molar-refractivity contribution is -0.114. The van der Waals surface area contributed by atoms with E-state index in [1.807, 2.05) is 6.92 Å². The molecule has 1 aliphatic rings. The second-order valence-electron chi connectivity index (χ2n) is 6.48. The first-order chi connectivity index (χ1) is 14.4. The molecule has 1 aliphatic heterocycles. The van der Waals surface area contributed by atoms with Crippen LogP contribution in [0.1, 0.15) is 28.6 Å². The predicted molar refractivity (Wildman–Crippen MR) is 113 cm³/mol. The van der Waals surface area contributed by atoms with Crippen molar-refractivity contribution in [2.24, 2.45) is 4.99 Å². The molecule has 30 heavy (non-hydrogen) atoms. The van der Waals surface area contributed by atoms with Crippen LogP contribution in [0.5, 0.6) is 0 Å². The lowest BCUT2D eigenvalue weighted by Gasteiger charge is -2.24. The number of halogens is 2. The molecule has 0 fully saturated rings. The third-order valence-corrected chi connectivity index (χ3v) is 5.48. The molecular weight excluding hydrogens is 451 g/mol. The van der Waals surface area contributed by atoms with Crippen LogP contribution in [0.4, 0.5) is 5.69 Å². The van der Waals surface area contributed by atoms with E-state index in [0.717, 1.165) is 5.56 Å². The average molecular weight is 465 g/mol. The first kappa shape index (κ1) is 20.5. The highest BCUT2D eigenvalue weighted by atomic mass is 35.5. The number of aldehydes is 1. The summed E-state index contributed by atoms with van der Waals surface area (Å²) in [6.45, 7) is 1.82. The number of carbonyl (C=O) groups is 1. The van der Waals surface area contributed by atoms with E-state index in [9.17, 15) is 13.2 Å². The van der Waals surface area contributed by atoms with Gasteiger partial charge < -0.3 is 4.74 Å². The molecule has 4 rings (SSSR count). The predicted octanol–water partition coefficient (Wildman–Crippen LogP) is 3.34. The van der Waals surface area contributed by atoms with Crippen molar-refractivity contribution in [3.63, 3.8) is 0 Å². The number of aliphatic imine (C=N–C) groups is 1. The van der Waals surface area contributed by atoms with Gasteiger partial charge in [-0.05, 0) is 42.8 Å². The van der Waals surface area contributed by atoms with E-state index in [1.165, 1.54) is 16.9 Å². The second kappa shape index (κ2) is 8.17. The molecule has 0 saturated heterocycles. The summed E-state index contributed by atoms with van der Waals surface area (Å²) in [4.78, 5) is 20.5. The molecule has 2 aromatic heterocycles. The maximum absolute atomic E-state index is 11.7. The number of ether oxygens (including phenoxy) is 1. The number of thiol groups is 1. The average Bonchev–Trinajstić information content (AvgIpc) is 3.10. The number of aryl methyl sites for hydroxylation is 1. The van der Waals surface area contributed by atoms with Crippen molar-refractivity contribution >= 4 is 51.8 Å². The number of hydrogen-bond donors (Lipinski definition) is 1. The summed E-state index contributed by atoms with van der Waals surface area (Å²) in [5.41, 5.74) is 2.43. The van der Waals surface area contributed by atoms with Gasteiger partial charge in [0.05, 0.1) is 22.2 Å². The Morgan fingerprint density at radius 1 is 1.27 bits per heavy atom. The molecule has 0 aliphatic carbocycles. The molecule has 0 bridgehead atoms. The topological polar surface area (TPSA) is 104 Å². The molecular formula is C19H14Cl2N4O4S. The zero-order valence-electron chi connectivity index (χ0n) is 15.5. The summed E-state index contributed by atoms with van der Waals surface area (Å²) < 4.78 is 29.6. The highest BCUT2D eigenvalue weighted by Crippen LogP contribution is 2.38. The summed E-state index contributed by atoms with van der Waals surface area (Å²) in [6, 6.07) is 8.17. The van der Waals surface area contributed by atoms with Gasteiger partial charge in [0.1, 0.15) is 16.4 Å². The van der Waals surface area contributed by atoms with Gasteiger partial charge in [-0.15, -0.1) is 0 Å². The fourth-order valence-electron chi connectivity index (χ4n) is 3.15. The van der Waals surface area contributed by atoms with Gasteiger partial charge in [-0.2, -0.15) is 5.10 Å². The Balaban J connectivity index is 1.93. The van der Waals surface area contributed by atoms with Crippen molar-refractivity contribution in [2.45, 2.75) is 18.8 Å². The van der Waals surface area contributed by atoms with Crippen molar-refractivity contribution < 1.29 is 17.9 Å². The molecule has 0 saturated carbocycles. The summed E-state index contributed by atoms with van der Waals surface area (Å²) in [5, 5.41) is 5.08. The van der Waals surface area contributed by atoms with Crippen LogP contribution in [0.15, 0.2) is 41.5 Å². The molecule has 0 spiro atoms. The molecule has 0 radical (unpaired) electrons. The monoisotopic (exact) mass is 464 g/mol. The maximum atomic E-state index is 11.7. The Labute approximate surface area is 183 Å². The summed E-state index contributed by atoms with van der Waals surface area (Å²) in [6.07, 6.45) is 1.24. The van der Waals surface area contributed by atoms with E-state index in [2.05, 4.69) is 15.1 Å². The first-order valence-electron chi connectivity index (χ1n) is 8.70. The van der Waals surface area contributed by atoms with Gasteiger partial charge >= 0.3 is 0 Å². The number of carbonyl (C=O) groups excluding carboxylic acids is 1. The van der Waals surface area contributed by atoms with Gasteiger partial charge in [0.2, 0.25) is 5.90 Å². The van der Waals surface area contributed by atoms with Crippen LogP contribution in [-0.2, 0) is 26.0 Å². The van der Waals surface area contributed by atoms with Crippen molar-refractivity contribution in [1.82, 2.24) is 14.8 Å². The number of aromatic nitrogens is 3. The maximum Gasteiger partial charge on any atom is 0.241 e. The summed E-state index contributed by atoms with van der Waals surface area (Å²) in [5.74, 6) is 0.0795. The molecule has 1 atom stereocenters. The number of hydrogen-bond acceptors (Lipinski definition) is 7. The Hall–Kier alpha value is -2.75. The fraction of sp³-hybridized carbons (Fsp3) is 0.158. The van der Waals surface area contributed by atoms with Crippen molar-refractivity contribution in [3.05, 3.63) is 69.1 Å². The third kappa shape index (κ3) is 3.83. The number of fused-ring (bicyclic) bond motifs is 1. The van der Waals surface area contributed by atoms with E-state index >= 15 is 0 Å². The van der Waals surface area contributed by atoms with Crippen molar-refractivity contribution in [2.75, 3.05) is 0 Å². The van der Waals surface area contributed by atoms with Gasteiger partial charge in [0.25, 0.3) is 0 Å². The Morgan fingerprint density at radius 2 is 2.07 bits per heavy atom. The van der Waals surface area contributed by atoms with E-state index in [-0.39, 0.29) is 23.2 Å². The van der Waals surface area contributed by atoms with Crippen LogP contribution in [-0.4, -0.2) is 35.4 Å². The van der Waals surface area contributed by atoms with E-state index in [1.54, 1.807) is 24.3 Å². The van der Waals surface area contributed by atoms with Crippen LogP contribution in [0, 0.1) is 6.92 Å². The lowest BCUT2D eigenvalue weighted by atomic mass is 10.0. The first-order valence-corrected chi connectivity index (χ1v) is 10.8. The Morgan fingerprint density at radius 3 is 2.77 bits per heavy atom. The molecule has 3 heterocycles. The molecule has 8 nitrogen and oxygen atoms in total. The molecule has 154 valence electrons. The molecule has 1 unspecified atom stereocenters.